The van der Waals surface area contributed by atoms with Crippen molar-refractivity contribution < 1.29 is 4.74 Å². The van der Waals surface area contributed by atoms with Crippen LogP contribution >= 0.6 is 0 Å². The standard InChI is InChI=1S/C9H18N2O/c1-9-6-11(2)4-3-8(10-9)5-12-7-9/h8,10H,3-7H2,1-2H3. The summed E-state index contributed by atoms with van der Waals surface area (Å²) in [5.41, 5.74) is 0.189. The zero-order valence-corrected chi connectivity index (χ0v) is 7.97. The van der Waals surface area contributed by atoms with E-state index >= 15 is 0 Å². The lowest BCUT2D eigenvalue weighted by atomic mass is 10.0. The SMILES string of the molecule is CN1CCC2COCC(C)(C1)N2. The third-order valence-corrected chi connectivity index (χ3v) is 2.77. The van der Waals surface area contributed by atoms with Crippen LogP contribution in [-0.2, 0) is 4.74 Å². The summed E-state index contributed by atoms with van der Waals surface area (Å²) in [6, 6.07) is 0.577. The third-order valence-electron chi connectivity index (χ3n) is 2.77. The molecule has 12 heavy (non-hydrogen) atoms. The average molecular weight is 170 g/mol. The minimum atomic E-state index is 0.189. The first-order valence-corrected chi connectivity index (χ1v) is 4.72. The molecule has 0 aliphatic carbocycles. The predicted molar refractivity (Wildman–Crippen MR) is 48.3 cm³/mol. The van der Waals surface area contributed by atoms with E-state index in [0.29, 0.717) is 6.04 Å². The number of hydrogen-bond donors (Lipinski definition) is 1. The molecule has 0 aromatic heterocycles. The molecule has 0 radical (unpaired) electrons. The lowest BCUT2D eigenvalue weighted by Gasteiger charge is -2.38. The van der Waals surface area contributed by atoms with E-state index in [1.54, 1.807) is 0 Å². The van der Waals surface area contributed by atoms with Gasteiger partial charge >= 0.3 is 0 Å². The van der Waals surface area contributed by atoms with Gasteiger partial charge in [0.2, 0.25) is 0 Å². The first-order valence-electron chi connectivity index (χ1n) is 4.72. The van der Waals surface area contributed by atoms with Gasteiger partial charge in [-0.2, -0.15) is 0 Å². The molecule has 0 spiro atoms. The number of nitrogens with zero attached hydrogens (tertiary/aromatic N) is 1. The fourth-order valence-corrected chi connectivity index (χ4v) is 2.30. The van der Waals surface area contributed by atoms with E-state index in [1.807, 2.05) is 0 Å². The highest BCUT2D eigenvalue weighted by atomic mass is 16.5. The second-order valence-electron chi connectivity index (χ2n) is 4.44. The smallest absolute Gasteiger partial charge is 0.0659 e. The van der Waals surface area contributed by atoms with E-state index in [-0.39, 0.29) is 5.54 Å². The minimum absolute atomic E-state index is 0.189. The first-order chi connectivity index (χ1) is 5.68. The van der Waals surface area contributed by atoms with Crippen molar-refractivity contribution in [1.82, 2.24) is 10.2 Å². The van der Waals surface area contributed by atoms with Crippen LogP contribution in [0.1, 0.15) is 13.3 Å². The largest absolute Gasteiger partial charge is 0.378 e. The van der Waals surface area contributed by atoms with Crippen LogP contribution in [-0.4, -0.2) is 49.8 Å². The topological polar surface area (TPSA) is 24.5 Å². The Bertz CT molecular complexity index is 170. The fraction of sp³-hybridized carbons (Fsp3) is 1.00. The zero-order chi connectivity index (χ0) is 8.60. The van der Waals surface area contributed by atoms with Gasteiger partial charge in [0.1, 0.15) is 0 Å². The van der Waals surface area contributed by atoms with Crippen LogP contribution in [0.15, 0.2) is 0 Å². The molecule has 0 aromatic rings. The van der Waals surface area contributed by atoms with E-state index in [0.717, 1.165) is 19.8 Å². The maximum atomic E-state index is 5.58. The summed E-state index contributed by atoms with van der Waals surface area (Å²) < 4.78 is 5.58. The highest BCUT2D eigenvalue weighted by Crippen LogP contribution is 2.18. The molecule has 2 aliphatic rings. The number of morpholine rings is 1. The number of likely N-dealkylation sites (N-methyl/N-ethyl adjacent to an activating group) is 1. The minimum Gasteiger partial charge on any atom is -0.378 e. The Morgan fingerprint density at radius 3 is 3.25 bits per heavy atom. The molecular formula is C9H18N2O. The van der Waals surface area contributed by atoms with Gasteiger partial charge in [-0.3, -0.25) is 0 Å². The van der Waals surface area contributed by atoms with Gasteiger partial charge in [-0.25, -0.2) is 0 Å². The van der Waals surface area contributed by atoms with E-state index in [1.165, 1.54) is 13.0 Å². The zero-order valence-electron chi connectivity index (χ0n) is 7.97. The molecule has 2 fully saturated rings. The summed E-state index contributed by atoms with van der Waals surface area (Å²) in [4.78, 5) is 2.39. The molecule has 2 rings (SSSR count). The molecule has 0 amide bonds. The van der Waals surface area contributed by atoms with Crippen LogP contribution in [0, 0.1) is 0 Å². The van der Waals surface area contributed by atoms with Crippen molar-refractivity contribution in [2.24, 2.45) is 0 Å². The van der Waals surface area contributed by atoms with Gasteiger partial charge in [0.05, 0.1) is 18.8 Å². The van der Waals surface area contributed by atoms with Gasteiger partial charge in [0.25, 0.3) is 0 Å². The molecule has 2 unspecified atom stereocenters. The van der Waals surface area contributed by atoms with E-state index < -0.39 is 0 Å². The molecule has 2 atom stereocenters. The van der Waals surface area contributed by atoms with Crippen LogP contribution in [0.5, 0.6) is 0 Å². The first kappa shape index (κ1) is 8.48. The number of ether oxygens (including phenoxy) is 1. The predicted octanol–water partition coefficient (Wildman–Crippen LogP) is 0.0690. The van der Waals surface area contributed by atoms with Gasteiger partial charge in [0.15, 0.2) is 0 Å². The number of nitrogens with one attached hydrogen (secondary N) is 1. The van der Waals surface area contributed by atoms with Crippen LogP contribution in [0.25, 0.3) is 0 Å². The van der Waals surface area contributed by atoms with Crippen molar-refractivity contribution in [3.8, 4) is 0 Å². The Morgan fingerprint density at radius 2 is 2.42 bits per heavy atom. The summed E-state index contributed by atoms with van der Waals surface area (Å²) >= 11 is 0. The molecular weight excluding hydrogens is 152 g/mol. The monoisotopic (exact) mass is 170 g/mol. The van der Waals surface area contributed by atoms with Gasteiger partial charge in [-0.1, -0.05) is 0 Å². The molecule has 2 aliphatic heterocycles. The maximum Gasteiger partial charge on any atom is 0.0659 e. The van der Waals surface area contributed by atoms with Gasteiger partial charge in [-0.15, -0.1) is 0 Å². The normalized spacial score (nSPS) is 44.0. The summed E-state index contributed by atoms with van der Waals surface area (Å²) in [5.74, 6) is 0. The second-order valence-corrected chi connectivity index (χ2v) is 4.44. The molecule has 1 N–H and O–H groups in total. The Kier molecular flexibility index (Phi) is 2.10. The lowest BCUT2D eigenvalue weighted by Crippen LogP contribution is -2.59. The Balaban J connectivity index is 2.10. The number of hydrogen-bond acceptors (Lipinski definition) is 3. The van der Waals surface area contributed by atoms with Gasteiger partial charge in [0, 0.05) is 12.6 Å². The molecule has 0 saturated carbocycles. The Hall–Kier alpha value is -0.120. The molecule has 70 valence electrons. The number of fused-ring (bicyclic) bond motifs is 2. The maximum absolute atomic E-state index is 5.58. The van der Waals surface area contributed by atoms with Gasteiger partial charge in [-0.05, 0) is 26.9 Å². The van der Waals surface area contributed by atoms with Crippen LogP contribution in [0.3, 0.4) is 0 Å². The van der Waals surface area contributed by atoms with E-state index in [2.05, 4.69) is 24.2 Å². The molecule has 3 heteroatoms. The van der Waals surface area contributed by atoms with E-state index in [9.17, 15) is 0 Å². The summed E-state index contributed by atoms with van der Waals surface area (Å²) in [7, 11) is 2.19. The third kappa shape index (κ3) is 1.63. The van der Waals surface area contributed by atoms with Crippen molar-refractivity contribution in [3.05, 3.63) is 0 Å². The highest BCUT2D eigenvalue weighted by molar-refractivity contribution is 4.94. The summed E-state index contributed by atoms with van der Waals surface area (Å²) in [6.07, 6.45) is 1.21. The highest BCUT2D eigenvalue weighted by Gasteiger charge is 2.35. The molecule has 2 bridgehead atoms. The molecule has 0 aromatic carbocycles. The Labute approximate surface area is 74.1 Å². The fourth-order valence-electron chi connectivity index (χ4n) is 2.30. The van der Waals surface area contributed by atoms with Crippen molar-refractivity contribution in [2.75, 3.05) is 33.4 Å². The second kappa shape index (κ2) is 2.98. The van der Waals surface area contributed by atoms with Crippen molar-refractivity contribution >= 4 is 0 Å². The van der Waals surface area contributed by atoms with Crippen molar-refractivity contribution in [3.63, 3.8) is 0 Å². The summed E-state index contributed by atoms with van der Waals surface area (Å²) in [6.45, 7) is 6.29. The Morgan fingerprint density at radius 1 is 1.58 bits per heavy atom. The number of rotatable bonds is 0. The van der Waals surface area contributed by atoms with Crippen LogP contribution in [0.4, 0.5) is 0 Å². The van der Waals surface area contributed by atoms with E-state index in [4.69, 9.17) is 4.74 Å². The van der Waals surface area contributed by atoms with Crippen LogP contribution < -0.4 is 5.32 Å². The summed E-state index contributed by atoms with van der Waals surface area (Å²) in [5, 5.41) is 3.66. The lowest BCUT2D eigenvalue weighted by molar-refractivity contribution is 0.00810. The molecule has 2 heterocycles. The van der Waals surface area contributed by atoms with Crippen molar-refractivity contribution in [2.45, 2.75) is 24.9 Å². The van der Waals surface area contributed by atoms with Crippen molar-refractivity contribution in [1.29, 1.82) is 0 Å². The van der Waals surface area contributed by atoms with Gasteiger partial charge < -0.3 is 15.0 Å². The van der Waals surface area contributed by atoms with Crippen LogP contribution in [0.2, 0.25) is 0 Å². The quantitative estimate of drug-likeness (QED) is 0.557. The average Bonchev–Trinajstić information content (AvgIpc) is 2.08. The molecule has 3 nitrogen and oxygen atoms in total. The molecule has 2 saturated heterocycles.